The molecule has 2 N–H and O–H groups in total. The summed E-state index contributed by atoms with van der Waals surface area (Å²) >= 11 is 0. The summed E-state index contributed by atoms with van der Waals surface area (Å²) in [5.41, 5.74) is 0. The van der Waals surface area contributed by atoms with Crippen molar-refractivity contribution in [2.75, 3.05) is 13.2 Å². The molecule has 0 saturated carbocycles. The summed E-state index contributed by atoms with van der Waals surface area (Å²) in [4.78, 5) is 23.5. The first kappa shape index (κ1) is 12.5. The van der Waals surface area contributed by atoms with Crippen LogP contribution in [0.2, 0.25) is 0 Å². The van der Waals surface area contributed by atoms with E-state index in [1.807, 2.05) is 0 Å². The minimum atomic E-state index is -1.22. The van der Waals surface area contributed by atoms with Crippen LogP contribution in [0, 0.1) is 0 Å². The molecule has 0 aromatic rings. The Hall–Kier alpha value is -1.56. The maximum atomic E-state index is 11.5. The number of hydrogen-bond donors (Lipinski definition) is 2. The van der Waals surface area contributed by atoms with Crippen molar-refractivity contribution in [1.29, 1.82) is 0 Å². The predicted octanol–water partition coefficient (Wildman–Crippen LogP) is 0.219. The minimum absolute atomic E-state index is 0.0256. The van der Waals surface area contributed by atoms with Gasteiger partial charge in [0.05, 0.1) is 6.10 Å². The molecular weight excluding hydrogens is 214 g/mol. The number of aliphatic hydroxyl groups is 1. The second kappa shape index (κ2) is 5.50. The van der Waals surface area contributed by atoms with Crippen LogP contribution in [0.3, 0.4) is 0 Å². The van der Waals surface area contributed by atoms with Crippen LogP contribution in [-0.4, -0.2) is 52.5 Å². The maximum absolute atomic E-state index is 11.5. The van der Waals surface area contributed by atoms with Crippen LogP contribution in [0.1, 0.15) is 12.8 Å². The maximum Gasteiger partial charge on any atom is 0.410 e. The number of rotatable bonds is 3. The zero-order valence-corrected chi connectivity index (χ0v) is 8.83. The Bertz CT molecular complexity index is 291. The van der Waals surface area contributed by atoms with Crippen LogP contribution in [0.5, 0.6) is 0 Å². The molecule has 0 radical (unpaired) electrons. The quantitative estimate of drug-likeness (QED) is 0.676. The lowest BCUT2D eigenvalue weighted by molar-refractivity contribution is -0.149. The molecule has 1 amide bonds. The Balaban J connectivity index is 2.70. The molecule has 1 heterocycles. The van der Waals surface area contributed by atoms with Gasteiger partial charge in [0.15, 0.2) is 6.04 Å². The number of aliphatic hydroxyl groups excluding tert-OH is 1. The number of amides is 1. The van der Waals surface area contributed by atoms with Gasteiger partial charge in [-0.15, -0.1) is 0 Å². The van der Waals surface area contributed by atoms with Gasteiger partial charge in [-0.2, -0.15) is 0 Å². The Morgan fingerprint density at radius 2 is 2.25 bits per heavy atom. The zero-order valence-electron chi connectivity index (χ0n) is 8.83. The van der Waals surface area contributed by atoms with Crippen molar-refractivity contribution >= 4 is 12.1 Å². The molecule has 1 aliphatic heterocycles. The number of carbonyl (C=O) groups excluding carboxylic acids is 1. The van der Waals surface area contributed by atoms with E-state index in [0.29, 0.717) is 12.8 Å². The summed E-state index contributed by atoms with van der Waals surface area (Å²) in [5.74, 6) is -1.22. The third kappa shape index (κ3) is 2.73. The third-order valence-corrected chi connectivity index (χ3v) is 2.41. The summed E-state index contributed by atoms with van der Waals surface area (Å²) in [6, 6.07) is -1.22. The van der Waals surface area contributed by atoms with E-state index in [1.54, 1.807) is 0 Å². The zero-order chi connectivity index (χ0) is 12.1. The standard InChI is InChI=1S/C10H15NO5/c1-2-6-16-10(15)11-5-3-4-7(12)8(11)9(13)14/h2,7-8,12H,1,3-6H2,(H,13,14). The summed E-state index contributed by atoms with van der Waals surface area (Å²) in [6.07, 6.45) is 0.568. The van der Waals surface area contributed by atoms with E-state index in [1.165, 1.54) is 6.08 Å². The predicted molar refractivity (Wildman–Crippen MR) is 54.9 cm³/mol. The molecule has 2 unspecified atom stereocenters. The van der Waals surface area contributed by atoms with Gasteiger partial charge in [0, 0.05) is 6.54 Å². The number of piperidine rings is 1. The highest BCUT2D eigenvalue weighted by atomic mass is 16.6. The molecule has 1 aliphatic rings. The van der Waals surface area contributed by atoms with Crippen molar-refractivity contribution in [3.63, 3.8) is 0 Å². The molecule has 1 rings (SSSR count). The molecule has 6 nitrogen and oxygen atoms in total. The first-order valence-electron chi connectivity index (χ1n) is 5.03. The lowest BCUT2D eigenvalue weighted by Gasteiger charge is -2.35. The smallest absolute Gasteiger partial charge is 0.410 e. The van der Waals surface area contributed by atoms with E-state index in [0.717, 1.165) is 4.90 Å². The van der Waals surface area contributed by atoms with Crippen molar-refractivity contribution < 1.29 is 24.5 Å². The molecular formula is C10H15NO5. The molecule has 0 spiro atoms. The average Bonchev–Trinajstić information content (AvgIpc) is 2.24. The highest BCUT2D eigenvalue weighted by Gasteiger charge is 2.39. The first-order chi connectivity index (χ1) is 7.57. The average molecular weight is 229 g/mol. The van der Waals surface area contributed by atoms with Crippen molar-refractivity contribution in [3.8, 4) is 0 Å². The number of carboxylic acids is 1. The van der Waals surface area contributed by atoms with Crippen molar-refractivity contribution in [3.05, 3.63) is 12.7 Å². The monoisotopic (exact) mass is 229 g/mol. The third-order valence-electron chi connectivity index (χ3n) is 2.41. The van der Waals surface area contributed by atoms with Crippen LogP contribution in [0.25, 0.3) is 0 Å². The number of carbonyl (C=O) groups is 2. The SMILES string of the molecule is C=CCOC(=O)N1CCCC(O)C1C(=O)O. The molecule has 2 atom stereocenters. The van der Waals surface area contributed by atoms with Crippen LogP contribution in [0.4, 0.5) is 4.79 Å². The molecule has 90 valence electrons. The topological polar surface area (TPSA) is 87.1 Å². The van der Waals surface area contributed by atoms with Gasteiger partial charge in [-0.25, -0.2) is 9.59 Å². The van der Waals surface area contributed by atoms with E-state index in [9.17, 15) is 14.7 Å². The fourth-order valence-corrected chi connectivity index (χ4v) is 1.69. The van der Waals surface area contributed by atoms with Gasteiger partial charge in [0.25, 0.3) is 0 Å². The van der Waals surface area contributed by atoms with Crippen molar-refractivity contribution in [1.82, 2.24) is 4.90 Å². The largest absolute Gasteiger partial charge is 0.480 e. The van der Waals surface area contributed by atoms with Gasteiger partial charge < -0.3 is 14.9 Å². The van der Waals surface area contributed by atoms with Gasteiger partial charge in [0.2, 0.25) is 0 Å². The van der Waals surface area contributed by atoms with Gasteiger partial charge in [-0.05, 0) is 12.8 Å². The highest BCUT2D eigenvalue weighted by molar-refractivity contribution is 5.81. The molecule has 1 saturated heterocycles. The van der Waals surface area contributed by atoms with E-state index < -0.39 is 24.2 Å². The van der Waals surface area contributed by atoms with Crippen molar-refractivity contribution in [2.24, 2.45) is 0 Å². The van der Waals surface area contributed by atoms with Crippen LogP contribution >= 0.6 is 0 Å². The van der Waals surface area contributed by atoms with Gasteiger partial charge >= 0.3 is 12.1 Å². The number of hydrogen-bond acceptors (Lipinski definition) is 4. The van der Waals surface area contributed by atoms with Gasteiger partial charge in [-0.3, -0.25) is 4.90 Å². The van der Waals surface area contributed by atoms with Crippen LogP contribution in [-0.2, 0) is 9.53 Å². The summed E-state index contributed by atoms with van der Waals surface area (Å²) in [5, 5.41) is 18.5. The highest BCUT2D eigenvalue weighted by Crippen LogP contribution is 2.18. The minimum Gasteiger partial charge on any atom is -0.480 e. The molecule has 0 aromatic carbocycles. The second-order valence-corrected chi connectivity index (χ2v) is 3.55. The van der Waals surface area contributed by atoms with E-state index in [4.69, 9.17) is 9.84 Å². The molecule has 1 fully saturated rings. The number of ether oxygens (including phenoxy) is 1. The van der Waals surface area contributed by atoms with E-state index in [-0.39, 0.29) is 13.2 Å². The van der Waals surface area contributed by atoms with Crippen molar-refractivity contribution in [2.45, 2.75) is 25.0 Å². The second-order valence-electron chi connectivity index (χ2n) is 3.55. The number of nitrogens with zero attached hydrogens (tertiary/aromatic N) is 1. The Kier molecular flexibility index (Phi) is 4.30. The molecule has 0 aliphatic carbocycles. The number of aliphatic carboxylic acids is 1. The summed E-state index contributed by atoms with van der Waals surface area (Å²) in [6.45, 7) is 3.69. The number of carboxylic acid groups (broad SMARTS) is 1. The molecule has 16 heavy (non-hydrogen) atoms. The normalized spacial score (nSPS) is 24.9. The lowest BCUT2D eigenvalue weighted by atomic mass is 9.99. The molecule has 0 bridgehead atoms. The summed E-state index contributed by atoms with van der Waals surface area (Å²) in [7, 11) is 0. The van der Waals surface area contributed by atoms with E-state index in [2.05, 4.69) is 6.58 Å². The fraction of sp³-hybridized carbons (Fsp3) is 0.600. The fourth-order valence-electron chi connectivity index (χ4n) is 1.69. The van der Waals surface area contributed by atoms with Gasteiger partial charge in [0.1, 0.15) is 6.61 Å². The molecule has 0 aromatic heterocycles. The summed E-state index contributed by atoms with van der Waals surface area (Å²) < 4.78 is 4.75. The van der Waals surface area contributed by atoms with Gasteiger partial charge in [-0.1, -0.05) is 12.7 Å². The Morgan fingerprint density at radius 3 is 2.81 bits per heavy atom. The molecule has 6 heteroatoms. The van der Waals surface area contributed by atoms with E-state index >= 15 is 0 Å². The van der Waals surface area contributed by atoms with Crippen LogP contribution in [0.15, 0.2) is 12.7 Å². The van der Waals surface area contributed by atoms with Crippen LogP contribution < -0.4 is 0 Å². The Labute approximate surface area is 93.1 Å². The number of likely N-dealkylation sites (tertiary alicyclic amines) is 1. The Morgan fingerprint density at radius 1 is 1.56 bits per heavy atom. The lowest BCUT2D eigenvalue weighted by Crippen LogP contribution is -2.55. The first-order valence-corrected chi connectivity index (χ1v) is 5.03.